The average Bonchev–Trinajstić information content (AvgIpc) is 2.67. The van der Waals surface area contributed by atoms with Crippen molar-refractivity contribution in [3.05, 3.63) is 65.0 Å². The number of ketones is 1. The first-order valence-corrected chi connectivity index (χ1v) is 8.99. The van der Waals surface area contributed by atoms with Gasteiger partial charge in [-0.25, -0.2) is 9.97 Å². The van der Waals surface area contributed by atoms with E-state index in [4.69, 9.17) is 15.2 Å². The van der Waals surface area contributed by atoms with Crippen LogP contribution >= 0.6 is 0 Å². The number of carbonyl (C=O) groups is 1. The number of hydrogen-bond donors (Lipinski definition) is 1. The highest BCUT2D eigenvalue weighted by molar-refractivity contribution is 5.99. The van der Waals surface area contributed by atoms with Crippen LogP contribution in [0.2, 0.25) is 0 Å². The third kappa shape index (κ3) is 3.38. The molecule has 7 nitrogen and oxygen atoms in total. The lowest BCUT2D eigenvalue weighted by atomic mass is 9.81. The Morgan fingerprint density at radius 1 is 1.00 bits per heavy atom. The van der Waals surface area contributed by atoms with Gasteiger partial charge < -0.3 is 15.2 Å². The van der Waals surface area contributed by atoms with Gasteiger partial charge in [0.2, 0.25) is 17.7 Å². The Labute approximate surface area is 162 Å². The van der Waals surface area contributed by atoms with Crippen molar-refractivity contribution in [2.75, 3.05) is 12.8 Å². The highest BCUT2D eigenvalue weighted by Crippen LogP contribution is 2.38. The number of aromatic nitrogens is 3. The molecule has 1 aliphatic carbocycles. The van der Waals surface area contributed by atoms with Gasteiger partial charge >= 0.3 is 0 Å². The van der Waals surface area contributed by atoms with Crippen molar-refractivity contribution in [1.29, 1.82) is 0 Å². The van der Waals surface area contributed by atoms with Gasteiger partial charge in [-0.15, -0.1) is 0 Å². The highest BCUT2D eigenvalue weighted by atomic mass is 16.5. The number of methoxy groups -OCH3 is 1. The van der Waals surface area contributed by atoms with E-state index in [0.717, 1.165) is 5.56 Å². The Bertz CT molecular complexity index is 1050. The van der Waals surface area contributed by atoms with Crippen LogP contribution in [0.4, 0.5) is 5.95 Å². The van der Waals surface area contributed by atoms with Crippen molar-refractivity contribution in [2.45, 2.75) is 25.7 Å². The second kappa shape index (κ2) is 7.26. The summed E-state index contributed by atoms with van der Waals surface area (Å²) >= 11 is 0. The normalized spacial score (nSPS) is 15.8. The Hall–Kier alpha value is -3.48. The number of nitrogens with two attached hydrogens (primary N) is 1. The van der Waals surface area contributed by atoms with E-state index in [1.165, 1.54) is 0 Å². The SMILES string of the molecule is COc1cccc(Oc2ccccc2C2CC(=O)c3c(C)nc(N)nc3C2)n1. The molecule has 1 unspecified atom stereocenters. The van der Waals surface area contributed by atoms with Gasteiger partial charge in [0.05, 0.1) is 24.1 Å². The van der Waals surface area contributed by atoms with E-state index in [9.17, 15) is 4.79 Å². The molecule has 7 heteroatoms. The molecule has 0 spiro atoms. The van der Waals surface area contributed by atoms with Crippen LogP contribution in [-0.2, 0) is 6.42 Å². The van der Waals surface area contributed by atoms with Gasteiger partial charge in [-0.3, -0.25) is 4.79 Å². The molecule has 1 aliphatic rings. The largest absolute Gasteiger partial charge is 0.481 e. The zero-order valence-corrected chi connectivity index (χ0v) is 15.7. The Morgan fingerprint density at radius 2 is 1.79 bits per heavy atom. The summed E-state index contributed by atoms with van der Waals surface area (Å²) in [6.07, 6.45) is 0.966. The van der Waals surface area contributed by atoms with E-state index in [1.807, 2.05) is 30.3 Å². The van der Waals surface area contributed by atoms with Crippen LogP contribution in [-0.4, -0.2) is 27.8 Å². The number of ether oxygens (including phenoxy) is 2. The minimum Gasteiger partial charge on any atom is -0.481 e. The molecule has 2 heterocycles. The number of benzene rings is 1. The molecule has 142 valence electrons. The lowest BCUT2D eigenvalue weighted by molar-refractivity contribution is 0.0961. The molecule has 2 aromatic heterocycles. The maximum Gasteiger partial charge on any atom is 0.222 e. The van der Waals surface area contributed by atoms with Crippen LogP contribution in [0.3, 0.4) is 0 Å². The van der Waals surface area contributed by atoms with Gasteiger partial charge in [-0.1, -0.05) is 24.3 Å². The van der Waals surface area contributed by atoms with Crippen LogP contribution in [0, 0.1) is 6.92 Å². The molecule has 0 aliphatic heterocycles. The van der Waals surface area contributed by atoms with Gasteiger partial charge in [0, 0.05) is 24.5 Å². The first-order chi connectivity index (χ1) is 13.5. The lowest BCUT2D eigenvalue weighted by Crippen LogP contribution is -2.23. The van der Waals surface area contributed by atoms with Crippen LogP contribution in [0.1, 0.15) is 39.6 Å². The predicted octanol–water partition coefficient (Wildman–Crippen LogP) is 3.48. The lowest BCUT2D eigenvalue weighted by Gasteiger charge is -2.25. The fourth-order valence-electron chi connectivity index (χ4n) is 3.61. The second-order valence-corrected chi connectivity index (χ2v) is 6.68. The van der Waals surface area contributed by atoms with E-state index in [0.29, 0.717) is 47.3 Å². The van der Waals surface area contributed by atoms with E-state index < -0.39 is 0 Å². The number of nitrogen functional groups attached to an aromatic ring is 1. The quantitative estimate of drug-likeness (QED) is 0.744. The summed E-state index contributed by atoms with van der Waals surface area (Å²) in [6.45, 7) is 1.79. The summed E-state index contributed by atoms with van der Waals surface area (Å²) in [7, 11) is 1.56. The van der Waals surface area contributed by atoms with Crippen LogP contribution < -0.4 is 15.2 Å². The molecule has 3 aromatic rings. The molecule has 0 saturated carbocycles. The number of anilines is 1. The molecular weight excluding hydrogens is 356 g/mol. The van der Waals surface area contributed by atoms with E-state index in [2.05, 4.69) is 15.0 Å². The molecule has 0 fully saturated rings. The fraction of sp³-hybridized carbons (Fsp3) is 0.238. The first-order valence-electron chi connectivity index (χ1n) is 8.99. The Balaban J connectivity index is 1.68. The van der Waals surface area contributed by atoms with E-state index in [1.54, 1.807) is 26.2 Å². The summed E-state index contributed by atoms with van der Waals surface area (Å²) < 4.78 is 11.2. The number of fused-ring (bicyclic) bond motifs is 1. The Kier molecular flexibility index (Phi) is 4.65. The number of Topliss-reactive ketones (excluding diaryl/α,β-unsaturated/α-hetero) is 1. The van der Waals surface area contributed by atoms with Crippen molar-refractivity contribution in [3.8, 4) is 17.5 Å². The number of hydrogen-bond acceptors (Lipinski definition) is 7. The maximum absolute atomic E-state index is 12.8. The summed E-state index contributed by atoms with van der Waals surface area (Å²) in [4.78, 5) is 25.5. The number of carbonyl (C=O) groups excluding carboxylic acids is 1. The minimum atomic E-state index is -0.0597. The van der Waals surface area contributed by atoms with Crippen LogP contribution in [0.25, 0.3) is 0 Å². The molecule has 1 atom stereocenters. The van der Waals surface area contributed by atoms with Crippen molar-refractivity contribution in [2.24, 2.45) is 0 Å². The molecule has 0 amide bonds. The monoisotopic (exact) mass is 376 g/mol. The maximum atomic E-state index is 12.8. The standard InChI is InChI=1S/C21H20N4O3/c1-12-20-15(24-21(22)23-12)10-13(11-16(20)26)14-6-3-4-7-17(14)28-19-9-5-8-18(25-19)27-2/h3-9,13H,10-11H2,1-2H3,(H2,22,23,24). The minimum absolute atomic E-state index is 0.0260. The summed E-state index contributed by atoms with van der Waals surface area (Å²) in [5.74, 6) is 1.71. The molecule has 28 heavy (non-hydrogen) atoms. The van der Waals surface area contributed by atoms with Gasteiger partial charge in [0.1, 0.15) is 5.75 Å². The topological polar surface area (TPSA) is 100 Å². The van der Waals surface area contributed by atoms with Crippen LogP contribution in [0.15, 0.2) is 42.5 Å². The van der Waals surface area contributed by atoms with Crippen molar-refractivity contribution in [1.82, 2.24) is 15.0 Å². The summed E-state index contributed by atoms with van der Waals surface area (Å²) in [5.41, 5.74) is 8.65. The second-order valence-electron chi connectivity index (χ2n) is 6.68. The number of para-hydroxylation sites is 1. The summed E-state index contributed by atoms with van der Waals surface area (Å²) in [6, 6.07) is 13.0. The molecular formula is C21H20N4O3. The van der Waals surface area contributed by atoms with Gasteiger partial charge in [-0.05, 0) is 25.0 Å². The zero-order chi connectivity index (χ0) is 19.7. The number of nitrogens with zero attached hydrogens (tertiary/aromatic N) is 3. The molecule has 0 radical (unpaired) electrons. The third-order valence-electron chi connectivity index (χ3n) is 4.81. The van der Waals surface area contributed by atoms with Crippen molar-refractivity contribution >= 4 is 11.7 Å². The molecule has 0 saturated heterocycles. The first kappa shape index (κ1) is 17.9. The molecule has 2 N–H and O–H groups in total. The van der Waals surface area contributed by atoms with E-state index in [-0.39, 0.29) is 17.6 Å². The van der Waals surface area contributed by atoms with Gasteiger partial charge in [-0.2, -0.15) is 4.98 Å². The zero-order valence-electron chi connectivity index (χ0n) is 15.7. The van der Waals surface area contributed by atoms with Crippen molar-refractivity contribution < 1.29 is 14.3 Å². The van der Waals surface area contributed by atoms with Crippen molar-refractivity contribution in [3.63, 3.8) is 0 Å². The summed E-state index contributed by atoms with van der Waals surface area (Å²) in [5, 5.41) is 0. The predicted molar refractivity (Wildman–Crippen MR) is 104 cm³/mol. The number of rotatable bonds is 4. The van der Waals surface area contributed by atoms with E-state index >= 15 is 0 Å². The number of aryl methyl sites for hydroxylation is 1. The third-order valence-corrected chi connectivity index (χ3v) is 4.81. The molecule has 4 rings (SSSR count). The molecule has 1 aromatic carbocycles. The smallest absolute Gasteiger partial charge is 0.222 e. The van der Waals surface area contributed by atoms with Crippen LogP contribution in [0.5, 0.6) is 17.5 Å². The van der Waals surface area contributed by atoms with Gasteiger partial charge in [0.15, 0.2) is 5.78 Å². The molecule has 0 bridgehead atoms. The highest BCUT2D eigenvalue weighted by Gasteiger charge is 2.31. The fourth-order valence-corrected chi connectivity index (χ4v) is 3.61. The number of pyridine rings is 1. The Morgan fingerprint density at radius 3 is 2.61 bits per heavy atom. The van der Waals surface area contributed by atoms with Gasteiger partial charge in [0.25, 0.3) is 0 Å². The average molecular weight is 376 g/mol.